The first-order chi connectivity index (χ1) is 14.2. The van der Waals surface area contributed by atoms with Crippen LogP contribution < -0.4 is 10.6 Å². The third kappa shape index (κ3) is 4.34. The number of aryl methyl sites for hydroxylation is 1. The number of hydrogen-bond donors (Lipinski definition) is 2. The molecule has 4 rings (SSSR count). The number of carbonyl (C=O) groups excluding carboxylic acids is 2. The maximum Gasteiger partial charge on any atom is 0.256 e. The summed E-state index contributed by atoms with van der Waals surface area (Å²) in [4.78, 5) is 27.0. The van der Waals surface area contributed by atoms with Crippen molar-refractivity contribution in [2.75, 3.05) is 18.5 Å². The molecule has 0 bridgehead atoms. The highest BCUT2D eigenvalue weighted by atomic mass is 32.1. The molecule has 1 aliphatic heterocycles. The Kier molecular flexibility index (Phi) is 5.93. The molecule has 1 fully saturated rings. The molecule has 2 aromatic rings. The number of thiophene rings is 1. The summed E-state index contributed by atoms with van der Waals surface area (Å²) in [5, 5.41) is 15.6. The summed E-state index contributed by atoms with van der Waals surface area (Å²) in [7, 11) is 0. The minimum Gasteiger partial charge on any atom is -0.376 e. The van der Waals surface area contributed by atoms with Gasteiger partial charge in [-0.1, -0.05) is 6.07 Å². The van der Waals surface area contributed by atoms with Crippen LogP contribution in [-0.4, -0.2) is 31.1 Å². The molecular weight excluding hydrogens is 386 g/mol. The van der Waals surface area contributed by atoms with Crippen LogP contribution in [-0.2, 0) is 17.6 Å². The second kappa shape index (κ2) is 8.76. The van der Waals surface area contributed by atoms with Crippen LogP contribution in [0.4, 0.5) is 5.00 Å². The number of amides is 2. The number of nitriles is 1. The lowest BCUT2D eigenvalue weighted by Crippen LogP contribution is -2.32. The molecule has 2 amide bonds. The summed E-state index contributed by atoms with van der Waals surface area (Å²) in [5.74, 6) is -0.463. The molecule has 1 aliphatic carbocycles. The molecule has 29 heavy (non-hydrogen) atoms. The Labute approximate surface area is 173 Å². The molecule has 1 aromatic heterocycles. The van der Waals surface area contributed by atoms with Gasteiger partial charge in [-0.3, -0.25) is 9.59 Å². The molecule has 2 aliphatic rings. The average molecular weight is 410 g/mol. The van der Waals surface area contributed by atoms with Crippen molar-refractivity contribution in [3.63, 3.8) is 0 Å². The van der Waals surface area contributed by atoms with Crippen molar-refractivity contribution in [1.82, 2.24) is 5.32 Å². The van der Waals surface area contributed by atoms with Gasteiger partial charge < -0.3 is 15.4 Å². The molecule has 6 nitrogen and oxygen atoms in total. The lowest BCUT2D eigenvalue weighted by Gasteiger charge is -2.15. The summed E-state index contributed by atoms with van der Waals surface area (Å²) in [5.41, 5.74) is 2.48. The van der Waals surface area contributed by atoms with Gasteiger partial charge in [-0.15, -0.1) is 11.3 Å². The zero-order valence-electron chi connectivity index (χ0n) is 16.1. The number of hydrogen-bond acceptors (Lipinski definition) is 5. The Morgan fingerprint density at radius 2 is 2.07 bits per heavy atom. The van der Waals surface area contributed by atoms with E-state index in [4.69, 9.17) is 10.00 Å². The first kappa shape index (κ1) is 19.6. The van der Waals surface area contributed by atoms with Gasteiger partial charge in [-0.05, 0) is 62.3 Å². The Hall–Kier alpha value is -2.69. The smallest absolute Gasteiger partial charge is 0.256 e. The highest BCUT2D eigenvalue weighted by molar-refractivity contribution is 7.17. The average Bonchev–Trinajstić information content (AvgIpc) is 3.39. The summed E-state index contributed by atoms with van der Waals surface area (Å²) in [6.07, 6.45) is 5.99. The van der Waals surface area contributed by atoms with Gasteiger partial charge in [-0.25, -0.2) is 0 Å². The van der Waals surface area contributed by atoms with Crippen LogP contribution in [0.3, 0.4) is 0 Å². The van der Waals surface area contributed by atoms with Crippen molar-refractivity contribution >= 4 is 28.2 Å². The zero-order valence-corrected chi connectivity index (χ0v) is 16.9. The second-order valence-electron chi connectivity index (χ2n) is 7.41. The lowest BCUT2D eigenvalue weighted by molar-refractivity contribution is 0.0858. The normalized spacial score (nSPS) is 18.0. The third-order valence-corrected chi connectivity index (χ3v) is 6.60. The van der Waals surface area contributed by atoms with Crippen LogP contribution in [0.1, 0.15) is 62.4 Å². The Bertz CT molecular complexity index is 970. The summed E-state index contributed by atoms with van der Waals surface area (Å²) >= 11 is 1.49. The molecule has 2 heterocycles. The number of ether oxygens (including phenoxy) is 1. The molecule has 7 heteroatoms. The van der Waals surface area contributed by atoms with Gasteiger partial charge in [0.05, 0.1) is 23.3 Å². The van der Waals surface area contributed by atoms with Crippen LogP contribution >= 0.6 is 11.3 Å². The van der Waals surface area contributed by atoms with Crippen molar-refractivity contribution in [3.8, 4) is 6.07 Å². The summed E-state index contributed by atoms with van der Waals surface area (Å²) in [6.45, 7) is 1.23. The first-order valence-electron chi connectivity index (χ1n) is 10.0. The van der Waals surface area contributed by atoms with E-state index >= 15 is 0 Å². The molecule has 150 valence electrons. The Balaban J connectivity index is 1.57. The maximum atomic E-state index is 13.0. The summed E-state index contributed by atoms with van der Waals surface area (Å²) in [6, 6.07) is 8.61. The number of anilines is 1. The van der Waals surface area contributed by atoms with Gasteiger partial charge in [0.2, 0.25) is 0 Å². The van der Waals surface area contributed by atoms with E-state index in [1.54, 1.807) is 24.3 Å². The molecule has 0 saturated carbocycles. The fourth-order valence-corrected chi connectivity index (χ4v) is 5.18. The molecule has 2 N–H and O–H groups in total. The summed E-state index contributed by atoms with van der Waals surface area (Å²) < 4.78 is 5.60. The molecule has 0 unspecified atom stereocenters. The van der Waals surface area contributed by atoms with E-state index in [9.17, 15) is 9.59 Å². The number of nitrogens with zero attached hydrogens (tertiary/aromatic N) is 1. The quantitative estimate of drug-likeness (QED) is 0.788. The Morgan fingerprint density at radius 3 is 2.86 bits per heavy atom. The van der Waals surface area contributed by atoms with Crippen LogP contribution in [0, 0.1) is 11.3 Å². The largest absolute Gasteiger partial charge is 0.376 e. The van der Waals surface area contributed by atoms with Gasteiger partial charge in [0.1, 0.15) is 5.00 Å². The molecule has 1 aromatic carbocycles. The lowest BCUT2D eigenvalue weighted by atomic mass is 9.95. The van der Waals surface area contributed by atoms with Crippen molar-refractivity contribution in [1.29, 1.82) is 5.26 Å². The topological polar surface area (TPSA) is 91.2 Å². The third-order valence-electron chi connectivity index (χ3n) is 5.39. The van der Waals surface area contributed by atoms with E-state index in [0.29, 0.717) is 28.2 Å². The standard InChI is InChI=1S/C22H23N3O3S/c23-12-14-5-3-6-15(11-14)20(26)25-22-19(17-8-1-2-9-18(17)29-22)21(27)24-13-16-7-4-10-28-16/h3,5-6,11,16H,1-2,4,7-10,13H2,(H,24,27)(H,25,26)/t16-/m0/s1. The highest BCUT2D eigenvalue weighted by Gasteiger charge is 2.27. The fraction of sp³-hybridized carbons (Fsp3) is 0.409. The number of benzene rings is 1. The highest BCUT2D eigenvalue weighted by Crippen LogP contribution is 2.38. The SMILES string of the molecule is N#Cc1cccc(C(=O)Nc2sc3c(c2C(=O)NC[C@@H]2CCCO2)CCCC3)c1. The van der Waals surface area contributed by atoms with Crippen molar-refractivity contribution in [2.24, 2.45) is 0 Å². The van der Waals surface area contributed by atoms with E-state index in [1.165, 1.54) is 16.2 Å². The fourth-order valence-electron chi connectivity index (χ4n) is 3.90. The Morgan fingerprint density at radius 1 is 1.21 bits per heavy atom. The maximum absolute atomic E-state index is 13.0. The zero-order chi connectivity index (χ0) is 20.2. The second-order valence-corrected chi connectivity index (χ2v) is 8.51. The van der Waals surface area contributed by atoms with Crippen LogP contribution in [0.25, 0.3) is 0 Å². The van der Waals surface area contributed by atoms with Gasteiger partial charge in [-0.2, -0.15) is 5.26 Å². The minimum absolute atomic E-state index is 0.0696. The van der Waals surface area contributed by atoms with Gasteiger partial charge in [0.25, 0.3) is 11.8 Å². The molecule has 1 atom stereocenters. The van der Waals surface area contributed by atoms with Crippen LogP contribution in [0.2, 0.25) is 0 Å². The van der Waals surface area contributed by atoms with E-state index in [2.05, 4.69) is 10.6 Å². The predicted octanol–water partition coefficient (Wildman–Crippen LogP) is 3.66. The van der Waals surface area contributed by atoms with Gasteiger partial charge in [0, 0.05) is 23.6 Å². The van der Waals surface area contributed by atoms with Crippen LogP contribution in [0.15, 0.2) is 24.3 Å². The monoisotopic (exact) mass is 409 g/mol. The van der Waals surface area contributed by atoms with Crippen molar-refractivity contribution in [2.45, 2.75) is 44.6 Å². The molecule has 0 spiro atoms. The van der Waals surface area contributed by atoms with Crippen molar-refractivity contribution in [3.05, 3.63) is 51.4 Å². The number of nitrogens with one attached hydrogen (secondary N) is 2. The number of rotatable bonds is 5. The van der Waals surface area contributed by atoms with E-state index in [0.717, 1.165) is 50.7 Å². The first-order valence-corrected chi connectivity index (χ1v) is 10.8. The van der Waals surface area contributed by atoms with Crippen molar-refractivity contribution < 1.29 is 14.3 Å². The number of fused-ring (bicyclic) bond motifs is 1. The molecule has 0 radical (unpaired) electrons. The van der Waals surface area contributed by atoms with Gasteiger partial charge in [0.15, 0.2) is 0 Å². The van der Waals surface area contributed by atoms with Crippen LogP contribution in [0.5, 0.6) is 0 Å². The molecular formula is C22H23N3O3S. The number of carbonyl (C=O) groups is 2. The molecule has 1 saturated heterocycles. The van der Waals surface area contributed by atoms with E-state index in [1.807, 2.05) is 6.07 Å². The van der Waals surface area contributed by atoms with Gasteiger partial charge >= 0.3 is 0 Å². The van der Waals surface area contributed by atoms with E-state index in [-0.39, 0.29) is 17.9 Å². The van der Waals surface area contributed by atoms with E-state index < -0.39 is 0 Å². The predicted molar refractivity (Wildman–Crippen MR) is 111 cm³/mol. The minimum atomic E-state index is -0.311.